The van der Waals surface area contributed by atoms with Gasteiger partial charge in [-0.25, -0.2) is 4.39 Å². The minimum absolute atomic E-state index is 0.265. The molecule has 0 aliphatic heterocycles. The summed E-state index contributed by atoms with van der Waals surface area (Å²) in [5, 5.41) is 11.3. The van der Waals surface area contributed by atoms with E-state index in [1.807, 2.05) is 0 Å². The summed E-state index contributed by atoms with van der Waals surface area (Å²) in [5.41, 5.74) is 1.92. The Morgan fingerprint density at radius 2 is 2.14 bits per heavy atom. The molecule has 1 heterocycles. The van der Waals surface area contributed by atoms with Crippen molar-refractivity contribution in [3.63, 3.8) is 0 Å². The monoisotopic (exact) mass is 284 g/mol. The summed E-state index contributed by atoms with van der Waals surface area (Å²) in [7, 11) is 0. The third-order valence-electron chi connectivity index (χ3n) is 2.61. The summed E-state index contributed by atoms with van der Waals surface area (Å²) in [4.78, 5) is 16.0. The Labute approximate surface area is 121 Å². The second kappa shape index (κ2) is 6.64. The SMILES string of the molecule is Cc1cc(F)cc(NC(=O)c2cncc(C#CCO)c2)c1. The molecular weight excluding hydrogens is 271 g/mol. The van der Waals surface area contributed by atoms with Crippen molar-refractivity contribution in [2.75, 3.05) is 11.9 Å². The number of hydrogen-bond donors (Lipinski definition) is 2. The number of aliphatic hydroxyl groups is 1. The molecule has 5 heteroatoms. The van der Waals surface area contributed by atoms with Gasteiger partial charge in [0.15, 0.2) is 0 Å². The van der Waals surface area contributed by atoms with Gasteiger partial charge in [0.05, 0.1) is 5.56 Å². The molecule has 0 fully saturated rings. The van der Waals surface area contributed by atoms with Crippen molar-refractivity contribution < 1.29 is 14.3 Å². The van der Waals surface area contributed by atoms with E-state index in [9.17, 15) is 9.18 Å². The predicted octanol–water partition coefficient (Wildman–Crippen LogP) is 2.13. The number of aryl methyl sites for hydroxylation is 1. The first-order chi connectivity index (χ1) is 10.1. The molecule has 4 nitrogen and oxygen atoms in total. The number of carbonyl (C=O) groups excluding carboxylic acids is 1. The van der Waals surface area contributed by atoms with Crippen LogP contribution in [0.5, 0.6) is 0 Å². The van der Waals surface area contributed by atoms with Crippen molar-refractivity contribution in [1.29, 1.82) is 0 Å². The Balaban J connectivity index is 2.20. The Bertz CT molecular complexity index is 712. The van der Waals surface area contributed by atoms with Crippen molar-refractivity contribution >= 4 is 11.6 Å². The van der Waals surface area contributed by atoms with Gasteiger partial charge in [-0.1, -0.05) is 11.8 Å². The number of aromatic nitrogens is 1. The van der Waals surface area contributed by atoms with E-state index >= 15 is 0 Å². The van der Waals surface area contributed by atoms with Gasteiger partial charge in [0.1, 0.15) is 12.4 Å². The van der Waals surface area contributed by atoms with E-state index in [1.54, 1.807) is 19.1 Å². The molecule has 2 aromatic rings. The number of nitrogens with zero attached hydrogens (tertiary/aromatic N) is 1. The molecule has 0 atom stereocenters. The summed E-state index contributed by atoms with van der Waals surface area (Å²) >= 11 is 0. The lowest BCUT2D eigenvalue weighted by Crippen LogP contribution is -2.12. The Morgan fingerprint density at radius 1 is 1.33 bits per heavy atom. The number of aliphatic hydroxyl groups excluding tert-OH is 1. The molecule has 0 saturated heterocycles. The van der Waals surface area contributed by atoms with Crippen molar-refractivity contribution in [3.8, 4) is 11.8 Å². The number of rotatable bonds is 2. The van der Waals surface area contributed by atoms with Gasteiger partial charge in [-0.05, 0) is 36.8 Å². The van der Waals surface area contributed by atoms with E-state index in [4.69, 9.17) is 5.11 Å². The third kappa shape index (κ3) is 4.13. The number of pyridine rings is 1. The van der Waals surface area contributed by atoms with Gasteiger partial charge in [-0.3, -0.25) is 9.78 Å². The maximum absolute atomic E-state index is 13.3. The second-order valence-corrected chi connectivity index (χ2v) is 4.39. The van der Waals surface area contributed by atoms with E-state index in [0.29, 0.717) is 22.4 Å². The fourth-order valence-electron chi connectivity index (χ4n) is 1.79. The molecule has 0 spiro atoms. The van der Waals surface area contributed by atoms with Crippen LogP contribution in [-0.2, 0) is 0 Å². The van der Waals surface area contributed by atoms with Gasteiger partial charge in [0.2, 0.25) is 0 Å². The van der Waals surface area contributed by atoms with Crippen LogP contribution in [-0.4, -0.2) is 22.6 Å². The number of amides is 1. The zero-order valence-corrected chi connectivity index (χ0v) is 11.4. The van der Waals surface area contributed by atoms with Crippen molar-refractivity contribution in [2.24, 2.45) is 0 Å². The molecule has 0 radical (unpaired) electrons. The quantitative estimate of drug-likeness (QED) is 0.830. The molecule has 21 heavy (non-hydrogen) atoms. The van der Waals surface area contributed by atoms with Crippen LogP contribution in [0.3, 0.4) is 0 Å². The number of hydrogen-bond acceptors (Lipinski definition) is 3. The normalized spacial score (nSPS) is 9.67. The highest BCUT2D eigenvalue weighted by Gasteiger charge is 2.08. The maximum Gasteiger partial charge on any atom is 0.257 e. The lowest BCUT2D eigenvalue weighted by atomic mass is 10.1. The van der Waals surface area contributed by atoms with E-state index < -0.39 is 11.7 Å². The van der Waals surface area contributed by atoms with Gasteiger partial charge < -0.3 is 10.4 Å². The van der Waals surface area contributed by atoms with Crippen LogP contribution in [0.25, 0.3) is 0 Å². The molecule has 0 bridgehead atoms. The summed E-state index contributed by atoms with van der Waals surface area (Å²) < 4.78 is 13.3. The molecule has 1 aromatic heterocycles. The lowest BCUT2D eigenvalue weighted by molar-refractivity contribution is 0.102. The topological polar surface area (TPSA) is 62.2 Å². The summed E-state index contributed by atoms with van der Waals surface area (Å²) in [6.45, 7) is 1.48. The largest absolute Gasteiger partial charge is 0.384 e. The summed E-state index contributed by atoms with van der Waals surface area (Å²) in [6.07, 6.45) is 2.89. The van der Waals surface area contributed by atoms with Crippen molar-refractivity contribution in [3.05, 3.63) is 59.2 Å². The fraction of sp³-hybridized carbons (Fsp3) is 0.125. The van der Waals surface area contributed by atoms with E-state index in [-0.39, 0.29) is 6.61 Å². The molecule has 0 aliphatic rings. The van der Waals surface area contributed by atoms with Crippen LogP contribution in [0.1, 0.15) is 21.5 Å². The molecule has 0 saturated carbocycles. The molecule has 2 rings (SSSR count). The zero-order chi connectivity index (χ0) is 15.2. The molecule has 0 aliphatic carbocycles. The first kappa shape index (κ1) is 14.7. The molecule has 2 N–H and O–H groups in total. The van der Waals surface area contributed by atoms with Crippen LogP contribution in [0.4, 0.5) is 10.1 Å². The number of nitrogens with one attached hydrogen (secondary N) is 1. The van der Waals surface area contributed by atoms with Gasteiger partial charge in [-0.15, -0.1) is 0 Å². The van der Waals surface area contributed by atoms with Crippen LogP contribution in [0.2, 0.25) is 0 Å². The Hall–Kier alpha value is -2.71. The van der Waals surface area contributed by atoms with Gasteiger partial charge in [0, 0.05) is 23.6 Å². The third-order valence-corrected chi connectivity index (χ3v) is 2.61. The highest BCUT2D eigenvalue weighted by atomic mass is 19.1. The molecular formula is C16H13FN2O2. The first-order valence-electron chi connectivity index (χ1n) is 6.22. The number of anilines is 1. The maximum atomic E-state index is 13.3. The first-order valence-corrected chi connectivity index (χ1v) is 6.22. The van der Waals surface area contributed by atoms with Crippen LogP contribution >= 0.6 is 0 Å². The Kier molecular flexibility index (Phi) is 4.64. The number of carbonyl (C=O) groups is 1. The minimum Gasteiger partial charge on any atom is -0.384 e. The van der Waals surface area contributed by atoms with Gasteiger partial charge in [0.25, 0.3) is 5.91 Å². The number of benzene rings is 1. The minimum atomic E-state index is -0.411. The zero-order valence-electron chi connectivity index (χ0n) is 11.4. The number of halogens is 1. The molecule has 1 aromatic carbocycles. The van der Waals surface area contributed by atoms with E-state index in [0.717, 1.165) is 0 Å². The van der Waals surface area contributed by atoms with Crippen LogP contribution in [0, 0.1) is 24.6 Å². The fourth-order valence-corrected chi connectivity index (χ4v) is 1.79. The summed E-state index contributed by atoms with van der Waals surface area (Å²) in [5.74, 6) is 4.33. The smallest absolute Gasteiger partial charge is 0.257 e. The van der Waals surface area contributed by atoms with Crippen molar-refractivity contribution in [1.82, 2.24) is 4.98 Å². The lowest BCUT2D eigenvalue weighted by Gasteiger charge is -2.06. The molecule has 1 amide bonds. The average Bonchev–Trinajstić information content (AvgIpc) is 2.44. The van der Waals surface area contributed by atoms with Gasteiger partial charge in [-0.2, -0.15) is 0 Å². The highest BCUT2D eigenvalue weighted by molar-refractivity contribution is 6.04. The molecule has 106 valence electrons. The average molecular weight is 284 g/mol. The van der Waals surface area contributed by atoms with Crippen LogP contribution < -0.4 is 5.32 Å². The summed E-state index contributed by atoms with van der Waals surface area (Å²) in [6, 6.07) is 5.84. The highest BCUT2D eigenvalue weighted by Crippen LogP contribution is 2.14. The predicted molar refractivity (Wildman–Crippen MR) is 77.3 cm³/mol. The second-order valence-electron chi connectivity index (χ2n) is 4.39. The molecule has 0 unspecified atom stereocenters. The van der Waals surface area contributed by atoms with Crippen molar-refractivity contribution in [2.45, 2.75) is 6.92 Å². The standard InChI is InChI=1S/C16H13FN2O2/c1-11-5-14(17)8-15(6-11)19-16(21)13-7-12(3-2-4-20)9-18-10-13/h5-10,20H,4H2,1H3,(H,19,21). The Morgan fingerprint density at radius 3 is 2.86 bits per heavy atom. The van der Waals surface area contributed by atoms with Gasteiger partial charge >= 0.3 is 0 Å². The van der Waals surface area contributed by atoms with E-state index in [1.165, 1.54) is 24.5 Å². The van der Waals surface area contributed by atoms with Crippen LogP contribution in [0.15, 0.2) is 36.7 Å². The van der Waals surface area contributed by atoms with E-state index in [2.05, 4.69) is 22.1 Å².